The van der Waals surface area contributed by atoms with Gasteiger partial charge in [-0.2, -0.15) is 0 Å². The Morgan fingerprint density at radius 1 is 1.32 bits per heavy atom. The van der Waals surface area contributed by atoms with Gasteiger partial charge in [0.1, 0.15) is 0 Å². The highest BCUT2D eigenvalue weighted by Crippen LogP contribution is 2.17. The van der Waals surface area contributed by atoms with E-state index in [1.54, 1.807) is 0 Å². The fraction of sp³-hybridized carbons (Fsp3) is 0.533. The predicted octanol–water partition coefficient (Wildman–Crippen LogP) is 0.269. The first-order valence-electron chi connectivity index (χ1n) is 7.42. The summed E-state index contributed by atoms with van der Waals surface area (Å²) in [6.45, 7) is 1.14. The van der Waals surface area contributed by atoms with Gasteiger partial charge in [-0.3, -0.25) is 4.79 Å². The molecule has 1 heterocycles. The summed E-state index contributed by atoms with van der Waals surface area (Å²) >= 11 is 0. The molecule has 0 radical (unpaired) electrons. The fourth-order valence-electron chi connectivity index (χ4n) is 2.71. The van der Waals surface area contributed by atoms with Gasteiger partial charge in [-0.1, -0.05) is 30.3 Å². The molecule has 0 spiro atoms. The van der Waals surface area contributed by atoms with Crippen molar-refractivity contribution in [3.05, 3.63) is 35.9 Å². The number of hydrogen-bond donors (Lipinski definition) is 2. The highest BCUT2D eigenvalue weighted by atomic mass is 32.2. The van der Waals surface area contributed by atoms with Crippen molar-refractivity contribution in [1.29, 1.82) is 0 Å². The van der Waals surface area contributed by atoms with E-state index in [0.717, 1.165) is 5.56 Å². The number of amides is 1. The number of benzene rings is 1. The van der Waals surface area contributed by atoms with E-state index in [2.05, 4.69) is 5.32 Å². The predicted molar refractivity (Wildman–Crippen MR) is 85.8 cm³/mol. The molecular formula is C15H23N3O3S. The van der Waals surface area contributed by atoms with E-state index in [0.29, 0.717) is 25.9 Å². The van der Waals surface area contributed by atoms with Crippen LogP contribution in [-0.2, 0) is 14.8 Å². The van der Waals surface area contributed by atoms with Crippen molar-refractivity contribution in [1.82, 2.24) is 9.62 Å². The molecule has 1 amide bonds. The van der Waals surface area contributed by atoms with Crippen LogP contribution in [0.5, 0.6) is 0 Å². The quantitative estimate of drug-likeness (QED) is 0.813. The van der Waals surface area contributed by atoms with E-state index in [4.69, 9.17) is 5.73 Å². The molecule has 1 saturated heterocycles. The summed E-state index contributed by atoms with van der Waals surface area (Å²) in [5.41, 5.74) is 6.64. The zero-order chi connectivity index (χ0) is 16.2. The van der Waals surface area contributed by atoms with Gasteiger partial charge in [0.05, 0.1) is 12.2 Å². The highest BCUT2D eigenvalue weighted by molar-refractivity contribution is 7.88. The molecule has 3 N–H and O–H groups in total. The Balaban J connectivity index is 1.92. The van der Waals surface area contributed by atoms with Gasteiger partial charge in [0.25, 0.3) is 0 Å². The summed E-state index contributed by atoms with van der Waals surface area (Å²) in [6, 6.07) is 9.46. The number of sulfonamides is 1. The molecule has 0 aliphatic carbocycles. The third-order valence-corrected chi connectivity index (χ3v) is 5.33. The van der Waals surface area contributed by atoms with Crippen molar-refractivity contribution in [3.63, 3.8) is 0 Å². The minimum Gasteiger partial charge on any atom is -0.353 e. The molecule has 6 nitrogen and oxygen atoms in total. The van der Waals surface area contributed by atoms with Crippen molar-refractivity contribution < 1.29 is 13.2 Å². The van der Waals surface area contributed by atoms with Crippen LogP contribution in [0.2, 0.25) is 0 Å². The molecule has 1 aromatic carbocycles. The molecule has 0 aromatic heterocycles. The van der Waals surface area contributed by atoms with Crippen LogP contribution in [0.25, 0.3) is 0 Å². The van der Waals surface area contributed by atoms with Gasteiger partial charge in [-0.05, 0) is 18.4 Å². The van der Waals surface area contributed by atoms with Gasteiger partial charge in [0.15, 0.2) is 0 Å². The second-order valence-electron chi connectivity index (χ2n) is 5.64. The van der Waals surface area contributed by atoms with Crippen molar-refractivity contribution in [2.24, 2.45) is 5.73 Å². The van der Waals surface area contributed by atoms with Gasteiger partial charge in [0.2, 0.25) is 15.9 Å². The van der Waals surface area contributed by atoms with Gasteiger partial charge < -0.3 is 11.1 Å². The smallest absolute Gasteiger partial charge is 0.229 e. The molecule has 1 fully saturated rings. The maximum absolute atomic E-state index is 12.4. The minimum absolute atomic E-state index is 0.00302. The molecule has 22 heavy (non-hydrogen) atoms. The van der Waals surface area contributed by atoms with E-state index >= 15 is 0 Å². The van der Waals surface area contributed by atoms with Crippen LogP contribution in [0.3, 0.4) is 0 Å². The number of nitrogens with one attached hydrogen (secondary N) is 1. The number of rotatable bonds is 5. The summed E-state index contributed by atoms with van der Waals surface area (Å²) in [7, 11) is -3.14. The number of nitrogens with zero attached hydrogens (tertiary/aromatic N) is 1. The van der Waals surface area contributed by atoms with E-state index < -0.39 is 10.0 Å². The Hall–Kier alpha value is -1.44. The summed E-state index contributed by atoms with van der Waals surface area (Å²) in [5.74, 6) is -0.458. The van der Waals surface area contributed by atoms with Crippen LogP contribution in [0.15, 0.2) is 30.3 Å². The monoisotopic (exact) mass is 325 g/mol. The molecule has 1 unspecified atom stereocenters. The zero-order valence-electron chi connectivity index (χ0n) is 12.7. The van der Waals surface area contributed by atoms with Crippen LogP contribution in [0.4, 0.5) is 0 Å². The van der Waals surface area contributed by atoms with Crippen LogP contribution >= 0.6 is 0 Å². The Kier molecular flexibility index (Phi) is 5.55. The lowest BCUT2D eigenvalue weighted by Gasteiger charge is -2.31. The number of carbonyl (C=O) groups is 1. The summed E-state index contributed by atoms with van der Waals surface area (Å²) < 4.78 is 24.4. The second kappa shape index (κ2) is 7.21. The van der Waals surface area contributed by atoms with E-state index in [-0.39, 0.29) is 24.4 Å². The average molecular weight is 325 g/mol. The van der Waals surface area contributed by atoms with Crippen LogP contribution in [-0.4, -0.2) is 50.6 Å². The molecule has 7 heteroatoms. The zero-order valence-corrected chi connectivity index (χ0v) is 13.6. The SMILES string of the molecule is CS(=O)(=O)N1CCC(NC(=O)C(CN)c2ccccc2)CC1. The Morgan fingerprint density at radius 2 is 1.91 bits per heavy atom. The normalized spacial score (nSPS) is 18.8. The summed E-state index contributed by atoms with van der Waals surface area (Å²) in [5, 5.41) is 3.00. The Labute approximate surface area is 131 Å². The minimum atomic E-state index is -3.14. The summed E-state index contributed by atoms with van der Waals surface area (Å²) in [6.07, 6.45) is 2.47. The van der Waals surface area contributed by atoms with Crippen LogP contribution in [0.1, 0.15) is 24.3 Å². The Morgan fingerprint density at radius 3 is 2.41 bits per heavy atom. The van der Waals surface area contributed by atoms with Crippen molar-refractivity contribution >= 4 is 15.9 Å². The topological polar surface area (TPSA) is 92.5 Å². The van der Waals surface area contributed by atoms with Crippen LogP contribution < -0.4 is 11.1 Å². The molecule has 0 saturated carbocycles. The van der Waals surface area contributed by atoms with Gasteiger partial charge in [-0.15, -0.1) is 0 Å². The first-order chi connectivity index (χ1) is 10.4. The standard InChI is InChI=1S/C15H23N3O3S/c1-22(20,21)18-9-7-13(8-10-18)17-15(19)14(11-16)12-5-3-2-4-6-12/h2-6,13-14H,7-11,16H2,1H3,(H,17,19). The number of nitrogens with two attached hydrogens (primary N) is 1. The largest absolute Gasteiger partial charge is 0.353 e. The lowest BCUT2D eigenvalue weighted by Crippen LogP contribution is -2.47. The van der Waals surface area contributed by atoms with Gasteiger partial charge >= 0.3 is 0 Å². The maximum Gasteiger partial charge on any atom is 0.229 e. The van der Waals surface area contributed by atoms with Crippen molar-refractivity contribution in [2.75, 3.05) is 25.9 Å². The average Bonchev–Trinajstić information content (AvgIpc) is 2.48. The molecular weight excluding hydrogens is 302 g/mol. The van der Waals surface area contributed by atoms with E-state index in [1.807, 2.05) is 30.3 Å². The highest BCUT2D eigenvalue weighted by Gasteiger charge is 2.27. The molecule has 1 atom stereocenters. The number of piperidine rings is 1. The molecule has 1 aliphatic heterocycles. The van der Waals surface area contributed by atoms with Gasteiger partial charge in [-0.25, -0.2) is 12.7 Å². The second-order valence-corrected chi connectivity index (χ2v) is 7.63. The summed E-state index contributed by atoms with van der Waals surface area (Å²) in [4.78, 5) is 12.4. The fourth-order valence-corrected chi connectivity index (χ4v) is 3.59. The van der Waals surface area contributed by atoms with Crippen molar-refractivity contribution in [2.45, 2.75) is 24.8 Å². The first-order valence-corrected chi connectivity index (χ1v) is 9.27. The number of hydrogen-bond acceptors (Lipinski definition) is 4. The molecule has 122 valence electrons. The number of carbonyl (C=O) groups excluding carboxylic acids is 1. The third-order valence-electron chi connectivity index (χ3n) is 4.02. The van der Waals surface area contributed by atoms with E-state index in [9.17, 15) is 13.2 Å². The molecule has 1 aromatic rings. The van der Waals surface area contributed by atoms with E-state index in [1.165, 1.54) is 10.6 Å². The van der Waals surface area contributed by atoms with Crippen LogP contribution in [0, 0.1) is 0 Å². The molecule has 1 aliphatic rings. The third kappa shape index (κ3) is 4.28. The van der Waals surface area contributed by atoms with Crippen molar-refractivity contribution in [3.8, 4) is 0 Å². The first kappa shape index (κ1) is 16.9. The lowest BCUT2D eigenvalue weighted by molar-refractivity contribution is -0.123. The maximum atomic E-state index is 12.4. The Bertz CT molecular complexity index is 596. The molecule has 2 rings (SSSR count). The lowest BCUT2D eigenvalue weighted by atomic mass is 9.97. The van der Waals surface area contributed by atoms with Gasteiger partial charge in [0, 0.05) is 25.7 Å². The molecule has 0 bridgehead atoms.